The van der Waals surface area contributed by atoms with Crippen LogP contribution in [0.5, 0.6) is 5.75 Å². The summed E-state index contributed by atoms with van der Waals surface area (Å²) >= 11 is 0. The lowest BCUT2D eigenvalue weighted by molar-refractivity contribution is -0.0324. The minimum absolute atomic E-state index is 0.00239. The zero-order valence-electron chi connectivity index (χ0n) is 20.7. The Balaban J connectivity index is 1.35. The summed E-state index contributed by atoms with van der Waals surface area (Å²) in [7, 11) is 0. The zero-order valence-corrected chi connectivity index (χ0v) is 20.7. The molecule has 12 heteroatoms. The molecule has 3 aliphatic heterocycles. The lowest BCUT2D eigenvalue weighted by atomic mass is 9.62. The number of hydrogen-bond donors (Lipinski definition) is 1. The van der Waals surface area contributed by atoms with Gasteiger partial charge in [0.05, 0.1) is 23.5 Å². The summed E-state index contributed by atoms with van der Waals surface area (Å²) in [6.45, 7) is -0.211. The summed E-state index contributed by atoms with van der Waals surface area (Å²) in [5.41, 5.74) is -2.01. The van der Waals surface area contributed by atoms with Crippen LogP contribution >= 0.6 is 0 Å². The minimum Gasteiger partial charge on any atom is -0.489 e. The first-order valence-electron chi connectivity index (χ1n) is 12.5. The van der Waals surface area contributed by atoms with E-state index in [0.717, 1.165) is 24.7 Å². The minimum atomic E-state index is -3.06. The molecule has 3 saturated heterocycles. The van der Waals surface area contributed by atoms with Crippen molar-refractivity contribution in [2.75, 3.05) is 31.7 Å². The van der Waals surface area contributed by atoms with Crippen molar-refractivity contribution in [1.82, 2.24) is 14.0 Å². The van der Waals surface area contributed by atoms with E-state index in [-0.39, 0.29) is 65.2 Å². The molecule has 4 fully saturated rings. The van der Waals surface area contributed by atoms with Crippen LogP contribution in [0.1, 0.15) is 55.2 Å². The molecule has 4 aliphatic rings. The lowest BCUT2D eigenvalue weighted by Crippen LogP contribution is -2.45. The van der Waals surface area contributed by atoms with E-state index in [2.05, 4.69) is 12.2 Å². The highest BCUT2D eigenvalue weighted by Crippen LogP contribution is 2.58. The summed E-state index contributed by atoms with van der Waals surface area (Å²) in [4.78, 5) is 30.5. The summed E-state index contributed by atoms with van der Waals surface area (Å²) in [6, 6.07) is 4.02. The third-order valence-corrected chi connectivity index (χ3v) is 7.77. The van der Waals surface area contributed by atoms with Gasteiger partial charge in [-0.1, -0.05) is 0 Å². The molecule has 9 nitrogen and oxygen atoms in total. The third kappa shape index (κ3) is 4.25. The Morgan fingerprint density at radius 2 is 2.03 bits per heavy atom. The molecular formula is C26H27F3N4O5. The molecule has 1 amide bonds. The van der Waals surface area contributed by atoms with Crippen LogP contribution in [0.3, 0.4) is 0 Å². The number of nitrogens with zero attached hydrogens (tertiary/aromatic N) is 3. The Bertz CT molecular complexity index is 1460. The van der Waals surface area contributed by atoms with Crippen molar-refractivity contribution >= 4 is 17.2 Å². The van der Waals surface area contributed by atoms with E-state index in [9.17, 15) is 18.4 Å². The van der Waals surface area contributed by atoms with Gasteiger partial charge in [-0.3, -0.25) is 14.2 Å². The molecule has 7 rings (SSSR count). The first-order chi connectivity index (χ1) is 18.1. The number of ether oxygens (including phenoxy) is 3. The Labute approximate surface area is 215 Å². The maximum atomic E-state index is 15.3. The predicted molar refractivity (Wildman–Crippen MR) is 130 cm³/mol. The van der Waals surface area contributed by atoms with Gasteiger partial charge in [0.2, 0.25) is 0 Å². The summed E-state index contributed by atoms with van der Waals surface area (Å²) in [6.07, 6.45) is 6.25. The van der Waals surface area contributed by atoms with E-state index in [0.29, 0.717) is 12.3 Å². The molecule has 3 aromatic heterocycles. The zero-order chi connectivity index (χ0) is 26.7. The van der Waals surface area contributed by atoms with Crippen LogP contribution in [-0.4, -0.2) is 57.6 Å². The molecule has 0 spiro atoms. The number of amides is 1. The number of aromatic nitrogens is 3. The number of carbonyl (C=O) groups excluding carboxylic acids is 1. The van der Waals surface area contributed by atoms with Crippen LogP contribution in [0.4, 0.5) is 18.9 Å². The number of carbonyl (C=O) groups is 1. The van der Waals surface area contributed by atoms with Crippen molar-refractivity contribution in [2.24, 2.45) is 0 Å². The smallest absolute Gasteiger partial charge is 0.321 e. The second kappa shape index (κ2) is 8.84. The Hall–Kier alpha value is -3.38. The Morgan fingerprint density at radius 3 is 2.71 bits per heavy atom. The van der Waals surface area contributed by atoms with Crippen molar-refractivity contribution in [1.29, 1.82) is 0 Å². The molecule has 38 heavy (non-hydrogen) atoms. The van der Waals surface area contributed by atoms with Gasteiger partial charge in [0.15, 0.2) is 0 Å². The molecule has 6 heterocycles. The summed E-state index contributed by atoms with van der Waals surface area (Å²) in [5.74, 6) is -0.695. The van der Waals surface area contributed by atoms with E-state index >= 15 is 4.39 Å². The number of imidazole rings is 1. The highest BCUT2D eigenvalue weighted by atomic mass is 19.3. The molecule has 2 bridgehead atoms. The topological polar surface area (TPSA) is 96.1 Å². The molecule has 1 saturated carbocycles. The van der Waals surface area contributed by atoms with Gasteiger partial charge in [0.25, 0.3) is 11.5 Å². The van der Waals surface area contributed by atoms with Crippen LogP contribution in [-0.2, 0) is 14.9 Å². The van der Waals surface area contributed by atoms with Crippen molar-refractivity contribution in [3.05, 3.63) is 58.4 Å². The van der Waals surface area contributed by atoms with Crippen molar-refractivity contribution in [3.63, 3.8) is 0 Å². The van der Waals surface area contributed by atoms with Crippen molar-refractivity contribution < 1.29 is 32.2 Å². The number of pyridine rings is 2. The van der Waals surface area contributed by atoms with E-state index in [1.54, 1.807) is 10.5 Å². The average Bonchev–Trinajstić information content (AvgIpc) is 3.54. The number of anilines is 1. The fourth-order valence-corrected chi connectivity index (χ4v) is 5.75. The van der Waals surface area contributed by atoms with Crippen LogP contribution < -0.4 is 15.6 Å². The fourth-order valence-electron chi connectivity index (χ4n) is 5.75. The number of alkyl halides is 3. The van der Waals surface area contributed by atoms with Crippen molar-refractivity contribution in [3.8, 4) is 5.75 Å². The number of fused-ring (bicyclic) bond motifs is 2. The normalized spacial score (nSPS) is 25.9. The van der Waals surface area contributed by atoms with Gasteiger partial charge in [0, 0.05) is 56.1 Å². The van der Waals surface area contributed by atoms with E-state index in [1.807, 2.05) is 6.20 Å². The Kier molecular flexibility index (Phi) is 5.80. The molecule has 202 valence electrons. The second-order valence-corrected chi connectivity index (χ2v) is 10.7. The first-order valence-corrected chi connectivity index (χ1v) is 12.5. The van der Waals surface area contributed by atoms with Gasteiger partial charge in [-0.25, -0.2) is 9.37 Å². The van der Waals surface area contributed by atoms with Crippen LogP contribution in [0.25, 0.3) is 5.65 Å². The molecule has 1 aliphatic carbocycles. The standard InChI is InChI=1S/C26H27F3N4O5/c1-24-12-25(13-24,14-38-24)19-11-32-10-16(21(34)30-17-3-2-6-33(22(17)35)23(27)28)18(9-20(32)31-19)37-15-26(29)4-7-36-8-5-26/h2-3,6,9-11,23H,4-5,7-8,12-15H2,1H3,(H,30,34). The lowest BCUT2D eigenvalue weighted by Gasteiger charge is -2.41. The summed E-state index contributed by atoms with van der Waals surface area (Å²) in [5, 5.41) is 2.40. The third-order valence-electron chi connectivity index (χ3n) is 7.77. The maximum Gasteiger partial charge on any atom is 0.321 e. The van der Waals surface area contributed by atoms with Crippen LogP contribution in [0, 0.1) is 0 Å². The molecule has 0 radical (unpaired) electrons. The van der Waals surface area contributed by atoms with E-state index in [1.165, 1.54) is 18.3 Å². The average molecular weight is 533 g/mol. The number of rotatable bonds is 7. The SMILES string of the molecule is CC12CC(c3cn4cc(C(=O)Nc5cccn(C(F)F)c5=O)c(OCC5(F)CCOCC5)cc4n3)(CO1)C2. The van der Waals surface area contributed by atoms with Gasteiger partial charge in [0.1, 0.15) is 29.4 Å². The monoisotopic (exact) mass is 532 g/mol. The van der Waals surface area contributed by atoms with E-state index in [4.69, 9.17) is 19.2 Å². The second-order valence-electron chi connectivity index (χ2n) is 10.7. The molecular weight excluding hydrogens is 505 g/mol. The maximum absolute atomic E-state index is 15.3. The fraction of sp³-hybridized carbons (Fsp3) is 0.500. The molecule has 1 N–H and O–H groups in total. The predicted octanol–water partition coefficient (Wildman–Crippen LogP) is 3.86. The van der Waals surface area contributed by atoms with Crippen molar-refractivity contribution in [2.45, 2.75) is 55.8 Å². The first kappa shape index (κ1) is 24.9. The Morgan fingerprint density at radius 1 is 1.26 bits per heavy atom. The highest BCUT2D eigenvalue weighted by molar-refractivity contribution is 6.06. The van der Waals surface area contributed by atoms with Gasteiger partial charge < -0.3 is 23.9 Å². The molecule has 0 aromatic carbocycles. The number of nitrogens with one attached hydrogen (secondary N) is 1. The van der Waals surface area contributed by atoms with E-state index < -0.39 is 23.7 Å². The van der Waals surface area contributed by atoms with Gasteiger partial charge in [-0.2, -0.15) is 8.78 Å². The largest absolute Gasteiger partial charge is 0.489 e. The molecule has 3 aromatic rings. The van der Waals surface area contributed by atoms with Crippen LogP contribution in [0.2, 0.25) is 0 Å². The van der Waals surface area contributed by atoms with Gasteiger partial charge >= 0.3 is 6.55 Å². The quantitative estimate of drug-likeness (QED) is 0.497. The van der Waals surface area contributed by atoms with Crippen LogP contribution in [0.15, 0.2) is 41.6 Å². The molecule has 0 unspecified atom stereocenters. The number of halogens is 3. The highest BCUT2D eigenvalue weighted by Gasteiger charge is 2.61. The summed E-state index contributed by atoms with van der Waals surface area (Å²) < 4.78 is 60.5. The van der Waals surface area contributed by atoms with Gasteiger partial charge in [-0.05, 0) is 31.9 Å². The van der Waals surface area contributed by atoms with Gasteiger partial charge in [-0.15, -0.1) is 0 Å². The number of hydrogen-bond acceptors (Lipinski definition) is 6. The molecule has 0 atom stereocenters.